The molecule has 0 aliphatic carbocycles. The van der Waals surface area contributed by atoms with Gasteiger partial charge < -0.3 is 18.9 Å². The highest BCUT2D eigenvalue weighted by atomic mass is 19.2. The van der Waals surface area contributed by atoms with Crippen molar-refractivity contribution >= 4 is 17.8 Å². The topological polar surface area (TPSA) is 91.4 Å². The summed E-state index contributed by atoms with van der Waals surface area (Å²) in [6.07, 6.45) is 2.31. The van der Waals surface area contributed by atoms with Gasteiger partial charge >= 0.3 is 5.97 Å². The summed E-state index contributed by atoms with van der Waals surface area (Å²) in [6, 6.07) is 0. The first-order valence-electron chi connectivity index (χ1n) is 8.73. The number of amides is 2. The molecule has 1 aromatic carbocycles. The van der Waals surface area contributed by atoms with Gasteiger partial charge in [-0.15, -0.1) is 0 Å². The van der Waals surface area contributed by atoms with Crippen LogP contribution in [-0.2, 0) is 28.6 Å². The molecule has 0 spiro atoms. The molecule has 2 amide bonds. The molecule has 13 heteroatoms. The zero-order valence-corrected chi connectivity index (χ0v) is 15.8. The molecule has 0 fully saturated rings. The van der Waals surface area contributed by atoms with E-state index < -0.39 is 59.2 Å². The van der Waals surface area contributed by atoms with Crippen molar-refractivity contribution in [3.63, 3.8) is 0 Å². The first-order chi connectivity index (χ1) is 14.7. The zero-order valence-electron chi connectivity index (χ0n) is 15.8. The number of ether oxygens (including phenoxy) is 4. The fourth-order valence-corrected chi connectivity index (χ4v) is 2.22. The number of hydrogen-bond donors (Lipinski definition) is 0. The summed E-state index contributed by atoms with van der Waals surface area (Å²) in [5, 5.41) is 0. The van der Waals surface area contributed by atoms with Crippen molar-refractivity contribution in [2.24, 2.45) is 0 Å². The van der Waals surface area contributed by atoms with E-state index in [-0.39, 0.29) is 39.6 Å². The average molecular weight is 453 g/mol. The first-order valence-corrected chi connectivity index (χ1v) is 8.73. The standard InChI is InChI=1S/C18H16F5NO7/c19-13-14(20)16(22)18(17(23)15(13)21)31-12(27)9-30-8-7-29-6-5-28-4-3-24-10(25)1-2-11(24)26/h1-2H,3-9H2. The molecule has 1 aromatic rings. The van der Waals surface area contributed by atoms with E-state index in [1.165, 1.54) is 0 Å². The van der Waals surface area contributed by atoms with Crippen molar-refractivity contribution in [2.75, 3.05) is 46.2 Å². The summed E-state index contributed by atoms with van der Waals surface area (Å²) in [4.78, 5) is 35.0. The normalized spacial score (nSPS) is 13.4. The molecule has 1 aliphatic rings. The van der Waals surface area contributed by atoms with E-state index in [0.29, 0.717) is 0 Å². The first kappa shape index (κ1) is 24.4. The Kier molecular flexibility index (Phi) is 9.03. The Balaban J connectivity index is 1.55. The molecule has 170 valence electrons. The van der Waals surface area contributed by atoms with Crippen LogP contribution in [0.4, 0.5) is 22.0 Å². The van der Waals surface area contributed by atoms with Gasteiger partial charge in [-0.2, -0.15) is 8.78 Å². The second kappa shape index (κ2) is 11.5. The van der Waals surface area contributed by atoms with Crippen molar-refractivity contribution < 1.29 is 55.3 Å². The van der Waals surface area contributed by atoms with Crippen LogP contribution in [0, 0.1) is 29.1 Å². The van der Waals surface area contributed by atoms with Gasteiger partial charge in [0.25, 0.3) is 11.8 Å². The van der Waals surface area contributed by atoms with E-state index in [4.69, 9.17) is 14.2 Å². The van der Waals surface area contributed by atoms with Crippen LogP contribution in [0.25, 0.3) is 0 Å². The molecule has 0 bridgehead atoms. The largest absolute Gasteiger partial charge is 0.418 e. The van der Waals surface area contributed by atoms with Gasteiger partial charge in [0.1, 0.15) is 6.61 Å². The third kappa shape index (κ3) is 6.54. The molecule has 8 nitrogen and oxygen atoms in total. The van der Waals surface area contributed by atoms with Crippen molar-refractivity contribution in [2.45, 2.75) is 0 Å². The maximum atomic E-state index is 13.4. The zero-order chi connectivity index (χ0) is 23.0. The van der Waals surface area contributed by atoms with Crippen LogP contribution in [0.2, 0.25) is 0 Å². The van der Waals surface area contributed by atoms with Gasteiger partial charge in [0.15, 0.2) is 0 Å². The van der Waals surface area contributed by atoms with Crippen LogP contribution in [-0.4, -0.2) is 68.9 Å². The van der Waals surface area contributed by atoms with Gasteiger partial charge in [0.05, 0.1) is 39.6 Å². The number of hydrogen-bond acceptors (Lipinski definition) is 7. The van der Waals surface area contributed by atoms with E-state index >= 15 is 0 Å². The highest BCUT2D eigenvalue weighted by Crippen LogP contribution is 2.29. The predicted molar refractivity (Wildman–Crippen MR) is 90.2 cm³/mol. The smallest absolute Gasteiger partial charge is 0.337 e. The highest BCUT2D eigenvalue weighted by Gasteiger charge is 2.28. The van der Waals surface area contributed by atoms with Crippen LogP contribution < -0.4 is 4.74 Å². The van der Waals surface area contributed by atoms with Crippen LogP contribution in [0.3, 0.4) is 0 Å². The van der Waals surface area contributed by atoms with Gasteiger partial charge in [-0.25, -0.2) is 18.0 Å². The Morgan fingerprint density at radius 3 is 1.71 bits per heavy atom. The van der Waals surface area contributed by atoms with Crippen molar-refractivity contribution in [1.29, 1.82) is 0 Å². The summed E-state index contributed by atoms with van der Waals surface area (Å²) >= 11 is 0. The van der Waals surface area contributed by atoms with Crippen LogP contribution in [0.1, 0.15) is 0 Å². The van der Waals surface area contributed by atoms with Crippen LogP contribution in [0.5, 0.6) is 5.75 Å². The van der Waals surface area contributed by atoms with Crippen molar-refractivity contribution in [1.82, 2.24) is 4.90 Å². The minimum Gasteiger partial charge on any atom is -0.418 e. The fourth-order valence-electron chi connectivity index (χ4n) is 2.22. The highest BCUT2D eigenvalue weighted by molar-refractivity contribution is 6.12. The molecule has 1 heterocycles. The Bertz CT molecular complexity index is 830. The minimum atomic E-state index is -2.37. The Labute approximate surface area is 172 Å². The molecule has 0 N–H and O–H groups in total. The number of carbonyl (C=O) groups is 3. The van der Waals surface area contributed by atoms with Crippen LogP contribution >= 0.6 is 0 Å². The van der Waals surface area contributed by atoms with E-state index in [0.717, 1.165) is 17.1 Å². The quantitative estimate of drug-likeness (QED) is 0.0895. The van der Waals surface area contributed by atoms with E-state index in [1.807, 2.05) is 0 Å². The Morgan fingerprint density at radius 1 is 0.710 bits per heavy atom. The van der Waals surface area contributed by atoms with E-state index in [2.05, 4.69) is 4.74 Å². The van der Waals surface area contributed by atoms with Gasteiger partial charge in [0, 0.05) is 12.2 Å². The van der Waals surface area contributed by atoms with Gasteiger partial charge in [0.2, 0.25) is 34.8 Å². The van der Waals surface area contributed by atoms with Crippen LogP contribution in [0.15, 0.2) is 12.2 Å². The molecule has 0 saturated carbocycles. The molecule has 0 unspecified atom stereocenters. The lowest BCUT2D eigenvalue weighted by Gasteiger charge is -2.13. The fraction of sp³-hybridized carbons (Fsp3) is 0.389. The Hall–Kier alpha value is -2.90. The number of imide groups is 1. The summed E-state index contributed by atoms with van der Waals surface area (Å²) in [6.45, 7) is -0.502. The molecule has 0 aromatic heterocycles. The second-order valence-corrected chi connectivity index (χ2v) is 5.81. The van der Waals surface area contributed by atoms with Gasteiger partial charge in [-0.1, -0.05) is 0 Å². The van der Waals surface area contributed by atoms with E-state index in [9.17, 15) is 36.3 Å². The monoisotopic (exact) mass is 453 g/mol. The van der Waals surface area contributed by atoms with Crippen molar-refractivity contribution in [3.05, 3.63) is 41.2 Å². The molecular formula is C18H16F5NO7. The SMILES string of the molecule is O=C(COCCOCCOCCN1C(=O)C=CC1=O)Oc1c(F)c(F)c(F)c(F)c1F. The minimum absolute atomic E-state index is 0.00775. The number of halogens is 5. The summed E-state index contributed by atoms with van der Waals surface area (Å²) in [5.41, 5.74) is 0. The molecule has 0 saturated heterocycles. The molecule has 0 atom stereocenters. The third-order valence-corrected chi connectivity index (χ3v) is 3.71. The van der Waals surface area contributed by atoms with Gasteiger partial charge in [-0.05, 0) is 0 Å². The maximum Gasteiger partial charge on any atom is 0.337 e. The molecule has 31 heavy (non-hydrogen) atoms. The Morgan fingerprint density at radius 2 is 1.16 bits per heavy atom. The number of rotatable bonds is 12. The van der Waals surface area contributed by atoms with E-state index in [1.54, 1.807) is 0 Å². The number of nitrogens with zero attached hydrogens (tertiary/aromatic N) is 1. The number of carbonyl (C=O) groups excluding carboxylic acids is 3. The summed E-state index contributed by atoms with van der Waals surface area (Å²) in [7, 11) is 0. The summed E-state index contributed by atoms with van der Waals surface area (Å²) in [5.74, 6) is -15.3. The molecule has 1 aliphatic heterocycles. The van der Waals surface area contributed by atoms with Crippen molar-refractivity contribution in [3.8, 4) is 5.75 Å². The average Bonchev–Trinajstić information content (AvgIpc) is 3.07. The number of benzene rings is 1. The van der Waals surface area contributed by atoms with Gasteiger partial charge in [-0.3, -0.25) is 14.5 Å². The lowest BCUT2D eigenvalue weighted by Crippen LogP contribution is -2.33. The summed E-state index contributed by atoms with van der Waals surface area (Å²) < 4.78 is 85.0. The predicted octanol–water partition coefficient (Wildman–Crippen LogP) is 1.26. The lowest BCUT2D eigenvalue weighted by atomic mass is 10.2. The lowest BCUT2D eigenvalue weighted by molar-refractivity contribution is -0.140. The number of esters is 1. The third-order valence-electron chi connectivity index (χ3n) is 3.71. The molecule has 2 rings (SSSR count). The maximum absolute atomic E-state index is 13.4. The molecular weight excluding hydrogens is 437 g/mol. The second-order valence-electron chi connectivity index (χ2n) is 5.81. The molecule has 0 radical (unpaired) electrons.